The Bertz CT molecular complexity index is 1170. The smallest absolute Gasteiger partial charge is 0.264 e. The molecule has 0 saturated heterocycles. The zero-order valence-electron chi connectivity index (χ0n) is 16.3. The summed E-state index contributed by atoms with van der Waals surface area (Å²) in [5.74, 6) is -0.0194. The lowest BCUT2D eigenvalue weighted by Gasteiger charge is -2.22. The maximum Gasteiger partial charge on any atom is 0.264 e. The zero-order chi connectivity index (χ0) is 20.4. The number of carbonyl (C=O) groups is 1. The van der Waals surface area contributed by atoms with Crippen LogP contribution in [0.15, 0.2) is 66.7 Å². The first-order valence-corrected chi connectivity index (χ1v) is 10.4. The van der Waals surface area contributed by atoms with Gasteiger partial charge in [0.15, 0.2) is 0 Å². The number of nitrogens with zero attached hydrogens (tertiary/aromatic N) is 1. The van der Waals surface area contributed by atoms with Gasteiger partial charge in [0, 0.05) is 5.56 Å². The van der Waals surface area contributed by atoms with Crippen LogP contribution in [-0.2, 0) is 6.42 Å². The second-order valence-corrected chi connectivity index (χ2v) is 8.00. The van der Waals surface area contributed by atoms with Crippen LogP contribution in [0.4, 0.5) is 0 Å². The number of aromatic hydroxyl groups is 1. The van der Waals surface area contributed by atoms with Gasteiger partial charge in [0.2, 0.25) is 0 Å². The number of thiazole rings is 1. The van der Waals surface area contributed by atoms with Crippen LogP contribution in [0.5, 0.6) is 5.75 Å². The van der Waals surface area contributed by atoms with Crippen LogP contribution in [0, 0.1) is 6.92 Å². The molecule has 4 nitrogen and oxygen atoms in total. The van der Waals surface area contributed by atoms with E-state index >= 15 is 0 Å². The summed E-state index contributed by atoms with van der Waals surface area (Å²) in [5, 5.41) is 16.8. The summed E-state index contributed by atoms with van der Waals surface area (Å²) in [7, 11) is 0. The first-order valence-electron chi connectivity index (χ1n) is 9.61. The van der Waals surface area contributed by atoms with Crippen LogP contribution in [0.2, 0.25) is 0 Å². The largest absolute Gasteiger partial charge is 0.508 e. The van der Waals surface area contributed by atoms with Gasteiger partial charge in [-0.25, -0.2) is 4.98 Å². The van der Waals surface area contributed by atoms with Crippen molar-refractivity contribution in [2.75, 3.05) is 0 Å². The van der Waals surface area contributed by atoms with Gasteiger partial charge in [0.25, 0.3) is 5.91 Å². The number of amides is 1. The Morgan fingerprint density at radius 1 is 1.07 bits per heavy atom. The summed E-state index contributed by atoms with van der Waals surface area (Å²) in [6.45, 7) is 3.89. The van der Waals surface area contributed by atoms with E-state index in [4.69, 9.17) is 0 Å². The molecule has 146 valence electrons. The minimum atomic E-state index is -0.485. The van der Waals surface area contributed by atoms with Crippen molar-refractivity contribution in [3.63, 3.8) is 0 Å². The number of nitrogens with one attached hydrogen (secondary N) is 1. The molecule has 3 aromatic carbocycles. The summed E-state index contributed by atoms with van der Waals surface area (Å²) in [5.41, 5.74) is 2.34. The molecule has 0 bridgehead atoms. The fourth-order valence-electron chi connectivity index (χ4n) is 3.57. The van der Waals surface area contributed by atoms with Gasteiger partial charge < -0.3 is 10.4 Å². The van der Waals surface area contributed by atoms with Gasteiger partial charge in [-0.15, -0.1) is 11.3 Å². The minimum Gasteiger partial charge on any atom is -0.508 e. The first kappa shape index (κ1) is 19.2. The average Bonchev–Trinajstić information content (AvgIpc) is 3.14. The Balaban J connectivity index is 1.83. The molecule has 0 radical (unpaired) electrons. The van der Waals surface area contributed by atoms with E-state index in [1.54, 1.807) is 6.07 Å². The number of phenols is 1. The van der Waals surface area contributed by atoms with Crippen LogP contribution < -0.4 is 5.32 Å². The number of aromatic nitrogens is 1. The topological polar surface area (TPSA) is 62.2 Å². The predicted octanol–water partition coefficient (Wildman–Crippen LogP) is 5.39. The summed E-state index contributed by atoms with van der Waals surface area (Å²) in [6.07, 6.45) is 0.797. The van der Waals surface area contributed by atoms with E-state index in [9.17, 15) is 9.90 Å². The van der Waals surface area contributed by atoms with Crippen LogP contribution in [0.25, 0.3) is 10.8 Å². The number of hydrogen-bond donors (Lipinski definition) is 2. The van der Waals surface area contributed by atoms with Crippen LogP contribution in [-0.4, -0.2) is 16.0 Å². The molecule has 1 amide bonds. The van der Waals surface area contributed by atoms with Crippen molar-refractivity contribution in [3.8, 4) is 5.75 Å². The maximum atomic E-state index is 13.2. The molecule has 0 aliphatic heterocycles. The maximum absolute atomic E-state index is 13.2. The number of hydrogen-bond acceptors (Lipinski definition) is 4. The Kier molecular flexibility index (Phi) is 5.32. The quantitative estimate of drug-likeness (QED) is 0.470. The molecule has 1 atom stereocenters. The molecule has 1 unspecified atom stereocenters. The van der Waals surface area contributed by atoms with Crippen molar-refractivity contribution < 1.29 is 9.90 Å². The van der Waals surface area contributed by atoms with Crippen molar-refractivity contribution >= 4 is 28.0 Å². The lowest BCUT2D eigenvalue weighted by Crippen LogP contribution is -2.29. The third-order valence-electron chi connectivity index (χ3n) is 4.99. The molecule has 0 aliphatic carbocycles. The third kappa shape index (κ3) is 3.74. The van der Waals surface area contributed by atoms with Gasteiger partial charge in [-0.2, -0.15) is 0 Å². The molecule has 0 fully saturated rings. The third-order valence-corrected chi connectivity index (χ3v) is 6.29. The van der Waals surface area contributed by atoms with Crippen LogP contribution in [0.1, 0.15) is 44.5 Å². The lowest BCUT2D eigenvalue weighted by molar-refractivity contribution is 0.0946. The van der Waals surface area contributed by atoms with E-state index in [0.29, 0.717) is 10.4 Å². The number of benzene rings is 3. The summed E-state index contributed by atoms with van der Waals surface area (Å²) in [6, 6.07) is 20.7. The van der Waals surface area contributed by atoms with Gasteiger partial charge in [0.05, 0.1) is 16.7 Å². The Morgan fingerprint density at radius 3 is 2.52 bits per heavy atom. The van der Waals surface area contributed by atoms with Crippen LogP contribution >= 0.6 is 11.3 Å². The molecule has 0 aliphatic rings. The second kappa shape index (κ2) is 8.05. The van der Waals surface area contributed by atoms with E-state index in [2.05, 4.69) is 10.3 Å². The average molecular weight is 403 g/mol. The SMILES string of the molecule is CCc1nc(C)c(C(=O)NC(c2ccccc2)c2c(O)ccc3ccccc23)s1. The summed E-state index contributed by atoms with van der Waals surface area (Å²) in [4.78, 5) is 18.3. The molecule has 5 heteroatoms. The summed E-state index contributed by atoms with van der Waals surface area (Å²) < 4.78 is 0. The first-order chi connectivity index (χ1) is 14.1. The van der Waals surface area contributed by atoms with E-state index < -0.39 is 6.04 Å². The van der Waals surface area contributed by atoms with E-state index in [-0.39, 0.29) is 11.7 Å². The Hall–Kier alpha value is -3.18. The monoisotopic (exact) mass is 402 g/mol. The highest BCUT2D eigenvalue weighted by Crippen LogP contribution is 2.36. The Morgan fingerprint density at radius 2 is 1.79 bits per heavy atom. The van der Waals surface area contributed by atoms with Crippen molar-refractivity contribution in [1.29, 1.82) is 0 Å². The molecule has 1 heterocycles. The molecule has 1 aromatic heterocycles. The molecule has 2 N–H and O–H groups in total. The van der Waals surface area contributed by atoms with Crippen molar-refractivity contribution in [2.45, 2.75) is 26.3 Å². The number of carbonyl (C=O) groups excluding carboxylic acids is 1. The van der Waals surface area contributed by atoms with E-state index in [1.807, 2.05) is 74.5 Å². The highest BCUT2D eigenvalue weighted by molar-refractivity contribution is 7.13. The van der Waals surface area contributed by atoms with Gasteiger partial charge in [0.1, 0.15) is 10.6 Å². The zero-order valence-corrected chi connectivity index (χ0v) is 17.2. The van der Waals surface area contributed by atoms with Gasteiger partial charge in [-0.3, -0.25) is 4.79 Å². The molecular formula is C24H22N2O2S. The van der Waals surface area contributed by atoms with E-state index in [1.165, 1.54) is 11.3 Å². The highest BCUT2D eigenvalue weighted by Gasteiger charge is 2.25. The molecule has 0 spiro atoms. The van der Waals surface area contributed by atoms with Crippen molar-refractivity contribution in [3.05, 3.63) is 93.4 Å². The minimum absolute atomic E-state index is 0.160. The normalized spacial score (nSPS) is 12.1. The predicted molar refractivity (Wildman–Crippen MR) is 118 cm³/mol. The molecule has 4 aromatic rings. The number of aryl methyl sites for hydroxylation is 2. The molecule has 29 heavy (non-hydrogen) atoms. The summed E-state index contributed by atoms with van der Waals surface area (Å²) >= 11 is 1.42. The van der Waals surface area contributed by atoms with Crippen LogP contribution in [0.3, 0.4) is 0 Å². The van der Waals surface area contributed by atoms with Crippen molar-refractivity contribution in [2.24, 2.45) is 0 Å². The molecule has 4 rings (SSSR count). The van der Waals surface area contributed by atoms with Crippen molar-refractivity contribution in [1.82, 2.24) is 10.3 Å². The fraction of sp³-hybridized carbons (Fsp3) is 0.167. The van der Waals surface area contributed by atoms with Gasteiger partial charge >= 0.3 is 0 Å². The van der Waals surface area contributed by atoms with E-state index in [0.717, 1.165) is 33.5 Å². The lowest BCUT2D eigenvalue weighted by atomic mass is 9.92. The molecule has 0 saturated carbocycles. The highest BCUT2D eigenvalue weighted by atomic mass is 32.1. The number of fused-ring (bicyclic) bond motifs is 1. The second-order valence-electron chi connectivity index (χ2n) is 6.91. The fourth-order valence-corrected chi connectivity index (χ4v) is 4.47. The standard InChI is InChI=1S/C24H22N2O2S/c1-3-20-25-15(2)23(29-20)24(28)26-22(17-10-5-4-6-11-17)21-18-12-8-7-9-16(18)13-14-19(21)27/h4-14,22,27H,3H2,1-2H3,(H,26,28). The van der Waals surface area contributed by atoms with Gasteiger partial charge in [-0.05, 0) is 35.7 Å². The number of rotatable bonds is 5. The molecular weight excluding hydrogens is 380 g/mol. The number of phenolic OH excluding ortho intramolecular Hbond substituents is 1. The Labute approximate surface area is 173 Å². The van der Waals surface area contributed by atoms with Gasteiger partial charge in [-0.1, -0.05) is 67.6 Å².